The van der Waals surface area contributed by atoms with E-state index in [2.05, 4.69) is 65.4 Å². The third-order valence-corrected chi connectivity index (χ3v) is 3.20. The molecule has 2 heteroatoms. The molecule has 0 atom stereocenters. The SMILES string of the molecule is Cc1cccc(Nc2cccc(Br)c2)c1C. The minimum Gasteiger partial charge on any atom is -0.355 e. The van der Waals surface area contributed by atoms with Gasteiger partial charge in [-0.3, -0.25) is 0 Å². The zero-order valence-corrected chi connectivity index (χ0v) is 11.0. The van der Waals surface area contributed by atoms with E-state index < -0.39 is 0 Å². The van der Waals surface area contributed by atoms with Crippen molar-refractivity contribution in [3.05, 3.63) is 58.1 Å². The highest BCUT2D eigenvalue weighted by Crippen LogP contribution is 2.24. The van der Waals surface area contributed by atoms with Crippen LogP contribution in [-0.4, -0.2) is 0 Å². The molecule has 0 aliphatic rings. The smallest absolute Gasteiger partial charge is 0.0416 e. The zero-order chi connectivity index (χ0) is 11.5. The van der Waals surface area contributed by atoms with Gasteiger partial charge < -0.3 is 5.32 Å². The highest BCUT2D eigenvalue weighted by molar-refractivity contribution is 9.10. The molecular weight excluding hydrogens is 262 g/mol. The summed E-state index contributed by atoms with van der Waals surface area (Å²) >= 11 is 3.47. The van der Waals surface area contributed by atoms with Crippen LogP contribution in [0, 0.1) is 13.8 Å². The molecule has 0 fully saturated rings. The molecule has 1 N–H and O–H groups in total. The molecule has 0 aliphatic carbocycles. The molecular formula is C14H14BrN. The molecule has 0 bridgehead atoms. The van der Waals surface area contributed by atoms with Gasteiger partial charge in [-0.1, -0.05) is 34.1 Å². The molecule has 0 heterocycles. The normalized spacial score (nSPS) is 10.2. The van der Waals surface area contributed by atoms with Crippen molar-refractivity contribution >= 4 is 27.3 Å². The van der Waals surface area contributed by atoms with Crippen LogP contribution in [0.25, 0.3) is 0 Å². The maximum absolute atomic E-state index is 3.47. The second-order valence-electron chi connectivity index (χ2n) is 3.88. The van der Waals surface area contributed by atoms with Crippen LogP contribution in [0.4, 0.5) is 11.4 Å². The van der Waals surface area contributed by atoms with Crippen LogP contribution >= 0.6 is 15.9 Å². The summed E-state index contributed by atoms with van der Waals surface area (Å²) in [5, 5.41) is 3.42. The van der Waals surface area contributed by atoms with Gasteiger partial charge in [-0.05, 0) is 49.2 Å². The van der Waals surface area contributed by atoms with Gasteiger partial charge in [-0.2, -0.15) is 0 Å². The zero-order valence-electron chi connectivity index (χ0n) is 9.42. The molecule has 0 unspecified atom stereocenters. The Hall–Kier alpha value is -1.28. The number of benzene rings is 2. The number of hydrogen-bond acceptors (Lipinski definition) is 1. The van der Waals surface area contributed by atoms with E-state index in [1.807, 2.05) is 12.1 Å². The van der Waals surface area contributed by atoms with E-state index in [0.29, 0.717) is 0 Å². The first kappa shape index (κ1) is 11.2. The van der Waals surface area contributed by atoms with Crippen molar-refractivity contribution in [2.45, 2.75) is 13.8 Å². The third kappa shape index (κ3) is 2.45. The lowest BCUT2D eigenvalue weighted by molar-refractivity contribution is 1.33. The maximum atomic E-state index is 3.47. The highest BCUT2D eigenvalue weighted by atomic mass is 79.9. The molecule has 0 amide bonds. The van der Waals surface area contributed by atoms with E-state index in [-0.39, 0.29) is 0 Å². The quantitative estimate of drug-likeness (QED) is 0.830. The summed E-state index contributed by atoms with van der Waals surface area (Å²) in [4.78, 5) is 0. The van der Waals surface area contributed by atoms with Crippen LogP contribution in [0.2, 0.25) is 0 Å². The van der Waals surface area contributed by atoms with Crippen LogP contribution in [0.3, 0.4) is 0 Å². The molecule has 0 radical (unpaired) electrons. The van der Waals surface area contributed by atoms with Crippen LogP contribution in [-0.2, 0) is 0 Å². The van der Waals surface area contributed by atoms with Gasteiger partial charge >= 0.3 is 0 Å². The van der Waals surface area contributed by atoms with E-state index >= 15 is 0 Å². The first-order valence-electron chi connectivity index (χ1n) is 5.25. The Morgan fingerprint density at radius 2 is 1.75 bits per heavy atom. The Kier molecular flexibility index (Phi) is 3.30. The lowest BCUT2D eigenvalue weighted by Gasteiger charge is -2.11. The third-order valence-electron chi connectivity index (χ3n) is 2.71. The number of nitrogens with one attached hydrogen (secondary N) is 1. The lowest BCUT2D eigenvalue weighted by Crippen LogP contribution is -1.94. The largest absolute Gasteiger partial charge is 0.355 e. The summed E-state index contributed by atoms with van der Waals surface area (Å²) in [5.41, 5.74) is 4.86. The topological polar surface area (TPSA) is 12.0 Å². The van der Waals surface area contributed by atoms with Gasteiger partial charge in [0.25, 0.3) is 0 Å². The van der Waals surface area contributed by atoms with Crippen LogP contribution in [0.15, 0.2) is 46.9 Å². The van der Waals surface area contributed by atoms with Gasteiger partial charge in [-0.15, -0.1) is 0 Å². The number of hydrogen-bond donors (Lipinski definition) is 1. The molecule has 2 aromatic carbocycles. The number of anilines is 2. The average Bonchev–Trinajstić information content (AvgIpc) is 2.25. The van der Waals surface area contributed by atoms with Crippen molar-refractivity contribution in [1.29, 1.82) is 0 Å². The Bertz CT molecular complexity index is 506. The summed E-state index contributed by atoms with van der Waals surface area (Å²) in [6.07, 6.45) is 0. The van der Waals surface area contributed by atoms with Gasteiger partial charge in [0, 0.05) is 15.8 Å². The van der Waals surface area contributed by atoms with Gasteiger partial charge in [0.15, 0.2) is 0 Å². The van der Waals surface area contributed by atoms with Crippen molar-refractivity contribution in [2.24, 2.45) is 0 Å². The Balaban J connectivity index is 2.31. The predicted molar refractivity (Wildman–Crippen MR) is 73.3 cm³/mol. The first-order chi connectivity index (χ1) is 7.66. The Labute approximate surface area is 105 Å². The molecule has 0 aliphatic heterocycles. The molecule has 2 aromatic rings. The van der Waals surface area contributed by atoms with Crippen molar-refractivity contribution < 1.29 is 0 Å². The van der Waals surface area contributed by atoms with E-state index in [1.165, 1.54) is 11.1 Å². The minimum atomic E-state index is 1.09. The van der Waals surface area contributed by atoms with Crippen LogP contribution in [0.1, 0.15) is 11.1 Å². The number of halogens is 1. The fourth-order valence-electron chi connectivity index (χ4n) is 1.61. The minimum absolute atomic E-state index is 1.09. The van der Waals surface area contributed by atoms with E-state index in [0.717, 1.165) is 15.8 Å². The van der Waals surface area contributed by atoms with E-state index in [9.17, 15) is 0 Å². The van der Waals surface area contributed by atoms with Crippen molar-refractivity contribution in [1.82, 2.24) is 0 Å². The van der Waals surface area contributed by atoms with E-state index in [4.69, 9.17) is 0 Å². The van der Waals surface area contributed by atoms with Crippen molar-refractivity contribution in [2.75, 3.05) is 5.32 Å². The van der Waals surface area contributed by atoms with Gasteiger partial charge in [0.1, 0.15) is 0 Å². The van der Waals surface area contributed by atoms with E-state index in [1.54, 1.807) is 0 Å². The number of aryl methyl sites for hydroxylation is 1. The summed E-state index contributed by atoms with van der Waals surface area (Å²) in [7, 11) is 0. The highest BCUT2D eigenvalue weighted by Gasteiger charge is 2.00. The van der Waals surface area contributed by atoms with Crippen molar-refractivity contribution in [3.63, 3.8) is 0 Å². The molecule has 0 aromatic heterocycles. The lowest BCUT2D eigenvalue weighted by atomic mass is 10.1. The Morgan fingerprint density at radius 3 is 2.50 bits per heavy atom. The van der Waals surface area contributed by atoms with Crippen LogP contribution < -0.4 is 5.32 Å². The summed E-state index contributed by atoms with van der Waals surface area (Å²) in [6.45, 7) is 4.26. The Morgan fingerprint density at radius 1 is 1.00 bits per heavy atom. The molecule has 82 valence electrons. The standard InChI is InChI=1S/C14H14BrN/c1-10-5-3-8-14(11(10)2)16-13-7-4-6-12(15)9-13/h3-9,16H,1-2H3. The van der Waals surface area contributed by atoms with Gasteiger partial charge in [0.05, 0.1) is 0 Å². The molecule has 0 saturated carbocycles. The fourth-order valence-corrected chi connectivity index (χ4v) is 2.01. The molecule has 0 spiro atoms. The molecule has 2 rings (SSSR count). The second kappa shape index (κ2) is 4.71. The monoisotopic (exact) mass is 275 g/mol. The number of rotatable bonds is 2. The molecule has 0 saturated heterocycles. The maximum Gasteiger partial charge on any atom is 0.0416 e. The summed E-state index contributed by atoms with van der Waals surface area (Å²) in [6, 6.07) is 14.5. The second-order valence-corrected chi connectivity index (χ2v) is 4.80. The average molecular weight is 276 g/mol. The summed E-state index contributed by atoms with van der Waals surface area (Å²) < 4.78 is 1.09. The fraction of sp³-hybridized carbons (Fsp3) is 0.143. The van der Waals surface area contributed by atoms with Crippen molar-refractivity contribution in [3.8, 4) is 0 Å². The predicted octanol–water partition coefficient (Wildman–Crippen LogP) is 4.81. The van der Waals surface area contributed by atoms with Crippen LogP contribution in [0.5, 0.6) is 0 Å². The molecule has 1 nitrogen and oxygen atoms in total. The molecule has 16 heavy (non-hydrogen) atoms. The van der Waals surface area contributed by atoms with Gasteiger partial charge in [0.2, 0.25) is 0 Å². The summed E-state index contributed by atoms with van der Waals surface area (Å²) in [5.74, 6) is 0. The first-order valence-corrected chi connectivity index (χ1v) is 6.05. The van der Waals surface area contributed by atoms with Gasteiger partial charge in [-0.25, -0.2) is 0 Å².